The summed E-state index contributed by atoms with van der Waals surface area (Å²) < 4.78 is 32.7. The number of hydrogen-bond acceptors (Lipinski definition) is 11. The number of carboxylic acids is 1. The molecule has 0 radical (unpaired) electrons. The summed E-state index contributed by atoms with van der Waals surface area (Å²) in [6.45, 7) is 1.50. The molecule has 14 nitrogen and oxygen atoms in total. The Bertz CT molecular complexity index is 1350. The van der Waals surface area contributed by atoms with Crippen LogP contribution in [0.15, 0.2) is 46.8 Å². The van der Waals surface area contributed by atoms with Crippen LogP contribution in [0.5, 0.6) is 0 Å². The van der Waals surface area contributed by atoms with Crippen LogP contribution in [0, 0.1) is 0 Å². The van der Waals surface area contributed by atoms with Crippen molar-refractivity contribution < 1.29 is 37.6 Å². The highest BCUT2D eigenvalue weighted by Crippen LogP contribution is 2.41. The molecule has 2 aromatic rings. The molecule has 2 amide bonds. The maximum absolute atomic E-state index is 12.9. The lowest BCUT2D eigenvalue weighted by atomic mass is 10.0. The number of thioether (sulfide) groups is 2. The van der Waals surface area contributed by atoms with Crippen molar-refractivity contribution in [2.75, 3.05) is 17.3 Å². The van der Waals surface area contributed by atoms with E-state index in [0.29, 0.717) is 11.1 Å². The predicted octanol–water partition coefficient (Wildman–Crippen LogP) is -0.314. The lowest BCUT2D eigenvalue weighted by Crippen LogP contribution is -2.70. The molecular formula is C20H22N6O8S3. The number of carbonyl (C=O) groups excluding carboxylic acids is 2. The van der Waals surface area contributed by atoms with Crippen LogP contribution < -0.4 is 5.32 Å². The summed E-state index contributed by atoms with van der Waals surface area (Å²) in [4.78, 5) is 38.5. The SMILES string of the molecule is CC(CS(=O)(=O)O)n1nnnc1SCC1=C(C(=O)O)N2C(=O)C(NC(=O)[C@H](O)c3ccccc3)[C@H]2SC1. The van der Waals surface area contributed by atoms with Gasteiger partial charge in [-0.05, 0) is 28.5 Å². The zero-order valence-electron chi connectivity index (χ0n) is 19.2. The average Bonchev–Trinajstić information content (AvgIpc) is 3.33. The van der Waals surface area contributed by atoms with Crippen LogP contribution in [0.4, 0.5) is 0 Å². The molecule has 17 heteroatoms. The second-order valence-corrected chi connectivity index (χ2v) is 11.8. The quantitative estimate of drug-likeness (QED) is 0.164. The highest BCUT2D eigenvalue weighted by Gasteiger charge is 2.54. The summed E-state index contributed by atoms with van der Waals surface area (Å²) in [5.41, 5.74) is 0.567. The Balaban J connectivity index is 1.45. The maximum atomic E-state index is 12.9. The van der Waals surface area contributed by atoms with E-state index < -0.39 is 57.2 Å². The second-order valence-electron chi connectivity index (χ2n) is 8.26. The summed E-state index contributed by atoms with van der Waals surface area (Å²) >= 11 is 2.31. The Hall–Kier alpha value is -2.99. The zero-order valence-corrected chi connectivity index (χ0v) is 21.6. The fourth-order valence-electron chi connectivity index (χ4n) is 3.90. The first-order valence-electron chi connectivity index (χ1n) is 10.8. The number of benzene rings is 1. The molecule has 1 aromatic heterocycles. The van der Waals surface area contributed by atoms with Crippen LogP contribution in [-0.2, 0) is 24.5 Å². The zero-order chi connectivity index (χ0) is 26.9. The van der Waals surface area contributed by atoms with E-state index >= 15 is 0 Å². The molecule has 1 fully saturated rings. The third-order valence-electron chi connectivity index (χ3n) is 5.62. The van der Waals surface area contributed by atoms with Crippen molar-refractivity contribution in [1.82, 2.24) is 30.4 Å². The molecule has 198 valence electrons. The molecule has 4 rings (SSSR count). The molecule has 0 aliphatic carbocycles. The lowest BCUT2D eigenvalue weighted by Gasteiger charge is -2.49. The van der Waals surface area contributed by atoms with Crippen LogP contribution in [0.2, 0.25) is 0 Å². The normalized spacial score (nSPS) is 21.2. The van der Waals surface area contributed by atoms with Gasteiger partial charge in [0.15, 0.2) is 6.10 Å². The summed E-state index contributed by atoms with van der Waals surface area (Å²) in [6.07, 6.45) is -1.48. The Morgan fingerprint density at radius 2 is 2.00 bits per heavy atom. The van der Waals surface area contributed by atoms with Gasteiger partial charge in [0.05, 0.1) is 11.8 Å². The van der Waals surface area contributed by atoms with E-state index in [1.54, 1.807) is 30.3 Å². The van der Waals surface area contributed by atoms with Gasteiger partial charge in [-0.3, -0.25) is 19.0 Å². The van der Waals surface area contributed by atoms with Crippen LogP contribution in [-0.4, -0.2) is 94.7 Å². The summed E-state index contributed by atoms with van der Waals surface area (Å²) in [5.74, 6) is -2.98. The van der Waals surface area contributed by atoms with E-state index in [9.17, 15) is 33.0 Å². The van der Waals surface area contributed by atoms with Crippen LogP contribution >= 0.6 is 23.5 Å². The van der Waals surface area contributed by atoms with E-state index in [4.69, 9.17) is 4.55 Å². The third-order valence-corrected chi connectivity index (χ3v) is 8.88. The number of rotatable bonds is 10. The molecule has 1 saturated heterocycles. The number of nitrogens with one attached hydrogen (secondary N) is 1. The monoisotopic (exact) mass is 570 g/mol. The number of carbonyl (C=O) groups is 3. The highest BCUT2D eigenvalue weighted by atomic mass is 32.2. The first-order valence-corrected chi connectivity index (χ1v) is 14.4. The van der Waals surface area contributed by atoms with Crippen molar-refractivity contribution in [2.45, 2.75) is 35.6 Å². The largest absolute Gasteiger partial charge is 0.477 e. The van der Waals surface area contributed by atoms with Gasteiger partial charge in [-0.1, -0.05) is 42.1 Å². The smallest absolute Gasteiger partial charge is 0.352 e. The second kappa shape index (κ2) is 10.8. The van der Waals surface area contributed by atoms with E-state index in [-0.39, 0.29) is 22.4 Å². The minimum Gasteiger partial charge on any atom is -0.477 e. The number of amides is 2. The molecule has 3 heterocycles. The van der Waals surface area contributed by atoms with Crippen molar-refractivity contribution in [3.8, 4) is 0 Å². The van der Waals surface area contributed by atoms with Crippen molar-refractivity contribution in [3.05, 3.63) is 47.2 Å². The molecule has 2 unspecified atom stereocenters. The van der Waals surface area contributed by atoms with E-state index in [2.05, 4.69) is 20.8 Å². The Morgan fingerprint density at radius 1 is 1.30 bits per heavy atom. The minimum atomic E-state index is -4.27. The van der Waals surface area contributed by atoms with Crippen molar-refractivity contribution in [1.29, 1.82) is 0 Å². The van der Waals surface area contributed by atoms with Crippen molar-refractivity contribution in [3.63, 3.8) is 0 Å². The Morgan fingerprint density at radius 3 is 2.65 bits per heavy atom. The van der Waals surface area contributed by atoms with Gasteiger partial charge >= 0.3 is 5.97 Å². The van der Waals surface area contributed by atoms with Gasteiger partial charge in [0, 0.05) is 11.5 Å². The fourth-order valence-corrected chi connectivity index (χ4v) is 7.11. The van der Waals surface area contributed by atoms with Crippen molar-refractivity contribution in [2.24, 2.45) is 0 Å². The van der Waals surface area contributed by atoms with Gasteiger partial charge in [-0.25, -0.2) is 9.48 Å². The average molecular weight is 571 g/mol. The van der Waals surface area contributed by atoms with E-state index in [0.717, 1.165) is 16.7 Å². The lowest BCUT2D eigenvalue weighted by molar-refractivity contribution is -0.151. The summed E-state index contributed by atoms with van der Waals surface area (Å²) in [7, 11) is -4.27. The molecular weight excluding hydrogens is 548 g/mol. The molecule has 0 bridgehead atoms. The number of fused-ring (bicyclic) bond motifs is 1. The first kappa shape index (κ1) is 27.1. The number of tetrazole rings is 1. The topological polar surface area (TPSA) is 205 Å². The number of aliphatic hydroxyl groups is 1. The standard InChI is InChI=1S/C20H22N6O8S3/c1-10(9-37(32,33)34)26-20(22-23-24-26)36-8-12-7-35-18-13(17(29)25(18)14(12)19(30)31)21-16(28)15(27)11-5-3-2-4-6-11/h2-6,10,13,15,18,27H,7-9H2,1H3,(H,21,28)(H,30,31)(H,32,33,34)/t10?,13?,15-,18-/m1/s1. The van der Waals surface area contributed by atoms with Gasteiger partial charge in [-0.2, -0.15) is 8.42 Å². The number of aliphatic hydroxyl groups excluding tert-OH is 1. The molecule has 1 aromatic carbocycles. The number of nitrogens with zero attached hydrogens (tertiary/aromatic N) is 5. The summed E-state index contributed by atoms with van der Waals surface area (Å²) in [6, 6.07) is 6.43. The van der Waals surface area contributed by atoms with E-state index in [1.165, 1.54) is 23.4 Å². The number of β-lactam (4-membered cyclic amide) rings is 1. The predicted molar refractivity (Wildman–Crippen MR) is 131 cm³/mol. The number of hydrogen-bond donors (Lipinski definition) is 4. The number of carboxylic acid groups (broad SMARTS) is 1. The number of aliphatic carboxylic acids is 1. The molecule has 4 atom stereocenters. The molecule has 0 spiro atoms. The van der Waals surface area contributed by atoms with Gasteiger partial charge < -0.3 is 15.5 Å². The highest BCUT2D eigenvalue weighted by molar-refractivity contribution is 8.01. The van der Waals surface area contributed by atoms with Crippen molar-refractivity contribution >= 4 is 51.4 Å². The van der Waals surface area contributed by atoms with Gasteiger partial charge in [0.25, 0.3) is 21.9 Å². The molecule has 4 N–H and O–H groups in total. The first-order chi connectivity index (χ1) is 17.5. The minimum absolute atomic E-state index is 0.0911. The van der Waals surface area contributed by atoms with Crippen LogP contribution in [0.1, 0.15) is 24.6 Å². The van der Waals surface area contributed by atoms with Gasteiger partial charge in [0.2, 0.25) is 5.16 Å². The van der Waals surface area contributed by atoms with Crippen LogP contribution in [0.3, 0.4) is 0 Å². The number of aromatic nitrogens is 4. The van der Waals surface area contributed by atoms with E-state index in [1.807, 2.05) is 0 Å². The molecule has 0 saturated carbocycles. The molecule has 2 aliphatic rings. The van der Waals surface area contributed by atoms with Crippen LogP contribution in [0.25, 0.3) is 0 Å². The Kier molecular flexibility index (Phi) is 7.88. The fraction of sp³-hybridized carbons (Fsp3) is 0.400. The van der Waals surface area contributed by atoms with Gasteiger partial charge in [-0.15, -0.1) is 16.9 Å². The summed E-state index contributed by atoms with van der Waals surface area (Å²) in [5, 5.41) is 33.3. The maximum Gasteiger partial charge on any atom is 0.352 e. The third kappa shape index (κ3) is 5.80. The molecule has 37 heavy (non-hydrogen) atoms. The Labute approximate surface area is 219 Å². The van der Waals surface area contributed by atoms with Gasteiger partial charge in [0.1, 0.15) is 17.1 Å². The molecule has 2 aliphatic heterocycles.